The first-order valence-electron chi connectivity index (χ1n) is 10.6. The largest absolute Gasteiger partial charge is 0.496 e. The van der Waals surface area contributed by atoms with E-state index < -0.39 is 0 Å². The smallest absolute Gasteiger partial charge is 0.164 e. The molecule has 0 radical (unpaired) electrons. The maximum absolute atomic E-state index is 5.62. The third-order valence-electron chi connectivity index (χ3n) is 6.21. The maximum atomic E-state index is 5.62. The summed E-state index contributed by atoms with van der Waals surface area (Å²) >= 11 is 0. The van der Waals surface area contributed by atoms with Crippen LogP contribution in [-0.4, -0.2) is 47.5 Å². The second kappa shape index (κ2) is 9.37. The molecule has 1 saturated heterocycles. The summed E-state index contributed by atoms with van der Waals surface area (Å²) in [6.45, 7) is 6.68. The van der Waals surface area contributed by atoms with Crippen molar-refractivity contribution in [2.45, 2.75) is 13.1 Å². The molecule has 2 N–H and O–H groups in total. The van der Waals surface area contributed by atoms with Gasteiger partial charge in [-0.05, 0) is 16.8 Å². The predicted octanol–water partition coefficient (Wildman–Crippen LogP) is 1.35. The highest BCUT2D eigenvalue weighted by atomic mass is 16.5. The van der Waals surface area contributed by atoms with Gasteiger partial charge in [0.15, 0.2) is 11.5 Å². The molecule has 3 aromatic carbocycles. The number of fused-ring (bicyclic) bond motifs is 1. The fourth-order valence-corrected chi connectivity index (χ4v) is 4.53. The molecule has 30 heavy (non-hydrogen) atoms. The number of hydrogen-bond donors (Lipinski definition) is 2. The molecule has 1 aliphatic heterocycles. The molecule has 0 bridgehead atoms. The van der Waals surface area contributed by atoms with Gasteiger partial charge in [0, 0.05) is 11.6 Å². The molecule has 0 aliphatic carbocycles. The minimum absolute atomic E-state index is 0.706. The Morgan fingerprint density at radius 1 is 0.633 bits per heavy atom. The Balaban J connectivity index is 1.40. The van der Waals surface area contributed by atoms with Crippen molar-refractivity contribution in [3.63, 3.8) is 0 Å². The Bertz CT molecular complexity index is 992. The Kier molecular flexibility index (Phi) is 6.41. The fourth-order valence-electron chi connectivity index (χ4n) is 4.53. The third-order valence-corrected chi connectivity index (χ3v) is 6.21. The molecule has 0 amide bonds. The van der Waals surface area contributed by atoms with Crippen molar-refractivity contribution in [3.8, 4) is 17.2 Å². The van der Waals surface area contributed by atoms with Crippen LogP contribution >= 0.6 is 0 Å². The van der Waals surface area contributed by atoms with Crippen LogP contribution in [0.4, 0.5) is 0 Å². The monoisotopic (exact) mass is 408 g/mol. The van der Waals surface area contributed by atoms with E-state index in [-0.39, 0.29) is 0 Å². The van der Waals surface area contributed by atoms with Crippen LogP contribution in [0.3, 0.4) is 0 Å². The van der Waals surface area contributed by atoms with Gasteiger partial charge in [-0.1, -0.05) is 42.5 Å². The summed E-state index contributed by atoms with van der Waals surface area (Å²) < 4.78 is 16.5. The summed E-state index contributed by atoms with van der Waals surface area (Å²) in [5.74, 6) is 2.33. The molecular weight excluding hydrogens is 376 g/mol. The van der Waals surface area contributed by atoms with Crippen LogP contribution in [0.15, 0.2) is 54.6 Å². The van der Waals surface area contributed by atoms with Gasteiger partial charge in [0.1, 0.15) is 45.0 Å². The summed E-state index contributed by atoms with van der Waals surface area (Å²) in [6.07, 6.45) is 0. The van der Waals surface area contributed by atoms with E-state index in [0.29, 0.717) is 5.75 Å². The molecule has 0 saturated carbocycles. The SMILES string of the molecule is COc1cc(OC)c(OC)cc1C[NH+]1CC[NH+](Cc2cccc3ccccc23)CC1. The number of rotatable bonds is 7. The van der Waals surface area contributed by atoms with E-state index >= 15 is 0 Å². The summed E-state index contributed by atoms with van der Waals surface area (Å²) in [5, 5.41) is 2.72. The molecule has 5 nitrogen and oxygen atoms in total. The minimum atomic E-state index is 0.706. The summed E-state index contributed by atoms with van der Waals surface area (Å²) in [7, 11) is 5.04. The molecule has 4 rings (SSSR count). The number of hydrogen-bond acceptors (Lipinski definition) is 3. The second-order valence-electron chi connectivity index (χ2n) is 8.01. The molecule has 1 heterocycles. The Labute approximate surface area is 178 Å². The lowest BCUT2D eigenvalue weighted by atomic mass is 10.0. The fraction of sp³-hybridized carbons (Fsp3) is 0.360. The van der Waals surface area contributed by atoms with E-state index in [1.807, 2.05) is 6.07 Å². The van der Waals surface area contributed by atoms with Crippen molar-refractivity contribution in [1.82, 2.24) is 0 Å². The lowest BCUT2D eigenvalue weighted by Gasteiger charge is -2.30. The zero-order valence-corrected chi connectivity index (χ0v) is 18.2. The molecular formula is C25H32N2O3+2. The van der Waals surface area contributed by atoms with Crippen LogP contribution in [0.2, 0.25) is 0 Å². The van der Waals surface area contributed by atoms with Gasteiger partial charge in [0.05, 0.1) is 26.9 Å². The molecule has 3 aromatic rings. The van der Waals surface area contributed by atoms with Crippen LogP contribution in [0.25, 0.3) is 10.8 Å². The van der Waals surface area contributed by atoms with E-state index in [1.54, 1.807) is 31.1 Å². The van der Waals surface area contributed by atoms with Gasteiger partial charge < -0.3 is 24.0 Å². The van der Waals surface area contributed by atoms with Crippen LogP contribution in [0, 0.1) is 0 Å². The lowest BCUT2D eigenvalue weighted by molar-refractivity contribution is -1.02. The molecule has 0 spiro atoms. The Morgan fingerprint density at radius 3 is 1.87 bits per heavy atom. The van der Waals surface area contributed by atoms with Crippen LogP contribution in [0.5, 0.6) is 17.2 Å². The first-order valence-corrected chi connectivity index (χ1v) is 10.6. The van der Waals surface area contributed by atoms with Crippen LogP contribution in [0.1, 0.15) is 11.1 Å². The van der Waals surface area contributed by atoms with Crippen molar-refractivity contribution < 1.29 is 24.0 Å². The zero-order valence-electron chi connectivity index (χ0n) is 18.2. The molecule has 5 heteroatoms. The van der Waals surface area contributed by atoms with E-state index in [9.17, 15) is 0 Å². The highest BCUT2D eigenvalue weighted by molar-refractivity contribution is 5.85. The van der Waals surface area contributed by atoms with Gasteiger partial charge in [0.2, 0.25) is 0 Å². The van der Waals surface area contributed by atoms with Crippen molar-refractivity contribution in [3.05, 3.63) is 65.7 Å². The van der Waals surface area contributed by atoms with E-state index in [1.165, 1.54) is 35.0 Å². The lowest BCUT2D eigenvalue weighted by Crippen LogP contribution is -3.27. The van der Waals surface area contributed by atoms with Crippen molar-refractivity contribution >= 4 is 10.8 Å². The highest BCUT2D eigenvalue weighted by Crippen LogP contribution is 2.34. The number of methoxy groups -OCH3 is 3. The summed E-state index contributed by atoms with van der Waals surface area (Å²) in [6, 6.07) is 19.3. The average molecular weight is 409 g/mol. The van der Waals surface area contributed by atoms with Gasteiger partial charge in [-0.25, -0.2) is 0 Å². The Hall–Kier alpha value is -2.76. The molecule has 0 aromatic heterocycles. The van der Waals surface area contributed by atoms with Crippen LogP contribution < -0.4 is 24.0 Å². The van der Waals surface area contributed by atoms with E-state index in [0.717, 1.165) is 37.7 Å². The topological polar surface area (TPSA) is 36.6 Å². The van der Waals surface area contributed by atoms with Crippen molar-refractivity contribution in [2.75, 3.05) is 47.5 Å². The molecule has 158 valence electrons. The van der Waals surface area contributed by atoms with Gasteiger partial charge in [0.25, 0.3) is 0 Å². The average Bonchev–Trinajstić information content (AvgIpc) is 2.80. The number of quaternary nitrogens is 2. The van der Waals surface area contributed by atoms with Crippen molar-refractivity contribution in [1.29, 1.82) is 0 Å². The second-order valence-corrected chi connectivity index (χ2v) is 8.01. The molecule has 1 fully saturated rings. The summed E-state index contributed by atoms with van der Waals surface area (Å²) in [5.41, 5.74) is 2.62. The molecule has 0 atom stereocenters. The third kappa shape index (κ3) is 4.37. The minimum Gasteiger partial charge on any atom is -0.496 e. The number of benzene rings is 3. The standard InChI is InChI=1S/C25H30N2O3/c1-28-23-16-25(30-3)24(29-2)15-21(23)18-27-13-11-26(12-14-27)17-20-9-6-8-19-7-4-5-10-22(19)20/h4-10,15-16H,11-14,17-18H2,1-3H3/p+2. The normalized spacial score (nSPS) is 18.9. The van der Waals surface area contributed by atoms with Gasteiger partial charge in [-0.15, -0.1) is 0 Å². The molecule has 1 aliphatic rings. The van der Waals surface area contributed by atoms with Gasteiger partial charge in [-0.2, -0.15) is 0 Å². The Morgan fingerprint density at radius 2 is 1.20 bits per heavy atom. The highest BCUT2D eigenvalue weighted by Gasteiger charge is 2.25. The predicted molar refractivity (Wildman–Crippen MR) is 119 cm³/mol. The zero-order chi connectivity index (χ0) is 20.9. The van der Waals surface area contributed by atoms with E-state index in [4.69, 9.17) is 14.2 Å². The summed E-state index contributed by atoms with van der Waals surface area (Å²) in [4.78, 5) is 3.25. The number of nitrogens with one attached hydrogen (secondary N) is 2. The number of piperazine rings is 1. The number of ether oxygens (including phenoxy) is 3. The quantitative estimate of drug-likeness (QED) is 0.620. The molecule has 0 unspecified atom stereocenters. The van der Waals surface area contributed by atoms with Gasteiger partial charge >= 0.3 is 0 Å². The van der Waals surface area contributed by atoms with Crippen LogP contribution in [-0.2, 0) is 13.1 Å². The maximum Gasteiger partial charge on any atom is 0.164 e. The van der Waals surface area contributed by atoms with Gasteiger partial charge in [-0.3, -0.25) is 0 Å². The van der Waals surface area contributed by atoms with E-state index in [2.05, 4.69) is 48.5 Å². The first kappa shape index (κ1) is 20.5. The van der Waals surface area contributed by atoms with Crippen molar-refractivity contribution in [2.24, 2.45) is 0 Å². The first-order chi connectivity index (χ1) is 14.7.